The number of carbonyl (C=O) groups is 1. The zero-order valence-corrected chi connectivity index (χ0v) is 11.7. The zero-order valence-electron chi connectivity index (χ0n) is 11.7. The van der Waals surface area contributed by atoms with Crippen molar-refractivity contribution in [3.05, 3.63) is 52.8 Å². The van der Waals surface area contributed by atoms with Crippen LogP contribution in [0.5, 0.6) is 0 Å². The van der Waals surface area contributed by atoms with E-state index in [4.69, 9.17) is 0 Å². The first-order valence-electron chi connectivity index (χ1n) is 6.49. The summed E-state index contributed by atoms with van der Waals surface area (Å²) in [5.41, 5.74) is 6.82. The van der Waals surface area contributed by atoms with Crippen LogP contribution >= 0.6 is 0 Å². The fourth-order valence-corrected chi connectivity index (χ4v) is 2.35. The average Bonchev–Trinajstić information content (AvgIpc) is 2.87. The Balaban J connectivity index is 2.24. The molecule has 20 heavy (non-hydrogen) atoms. The molecule has 3 rings (SSSR count). The van der Waals surface area contributed by atoms with Gasteiger partial charge in [0.1, 0.15) is 5.69 Å². The Labute approximate surface area is 117 Å². The van der Waals surface area contributed by atoms with Crippen molar-refractivity contribution in [2.75, 3.05) is 0 Å². The average molecular weight is 265 g/mol. The fraction of sp³-hybridized carbons (Fsp3) is 0.188. The maximum absolute atomic E-state index is 11.0. The standard InChI is InChI=1S/C16H15N3O/c1-10-4-5-14(12(3)11(10)2)15-6-7-16-17-8-13(9-20)19(16)18-15/h4-9H,1-3H3. The van der Waals surface area contributed by atoms with E-state index in [2.05, 4.69) is 43.0 Å². The number of imidazole rings is 1. The highest BCUT2D eigenvalue weighted by atomic mass is 16.1. The van der Waals surface area contributed by atoms with E-state index in [1.165, 1.54) is 22.9 Å². The molecule has 2 aromatic heterocycles. The summed E-state index contributed by atoms with van der Waals surface area (Å²) in [5.74, 6) is 0. The minimum Gasteiger partial charge on any atom is -0.296 e. The van der Waals surface area contributed by atoms with Gasteiger partial charge in [-0.3, -0.25) is 4.79 Å². The molecule has 0 spiro atoms. The van der Waals surface area contributed by atoms with Gasteiger partial charge in [-0.25, -0.2) is 9.50 Å². The first-order valence-corrected chi connectivity index (χ1v) is 6.49. The lowest BCUT2D eigenvalue weighted by atomic mass is 9.97. The Hall–Kier alpha value is -2.49. The molecule has 4 heteroatoms. The number of benzene rings is 1. The Bertz CT molecular complexity index is 818. The second kappa shape index (κ2) is 4.56. The van der Waals surface area contributed by atoms with Crippen molar-refractivity contribution < 1.29 is 4.79 Å². The number of fused-ring (bicyclic) bond motifs is 1. The van der Waals surface area contributed by atoms with Crippen LogP contribution < -0.4 is 0 Å². The summed E-state index contributed by atoms with van der Waals surface area (Å²) in [6.45, 7) is 6.31. The van der Waals surface area contributed by atoms with Gasteiger partial charge in [-0.15, -0.1) is 0 Å². The summed E-state index contributed by atoms with van der Waals surface area (Å²) in [6.07, 6.45) is 2.30. The highest BCUT2D eigenvalue weighted by Gasteiger charge is 2.10. The molecule has 1 aromatic carbocycles. The smallest absolute Gasteiger partial charge is 0.170 e. The van der Waals surface area contributed by atoms with E-state index in [0.29, 0.717) is 11.3 Å². The maximum Gasteiger partial charge on any atom is 0.170 e. The quantitative estimate of drug-likeness (QED) is 0.669. The molecule has 0 unspecified atom stereocenters. The van der Waals surface area contributed by atoms with Crippen molar-refractivity contribution in [1.82, 2.24) is 14.6 Å². The third-order valence-corrected chi connectivity index (χ3v) is 3.84. The van der Waals surface area contributed by atoms with Crippen molar-refractivity contribution >= 4 is 11.9 Å². The molecule has 0 atom stereocenters. The molecule has 100 valence electrons. The fourth-order valence-electron chi connectivity index (χ4n) is 2.35. The van der Waals surface area contributed by atoms with Gasteiger partial charge >= 0.3 is 0 Å². The van der Waals surface area contributed by atoms with Crippen LogP contribution in [0.3, 0.4) is 0 Å². The van der Waals surface area contributed by atoms with Gasteiger partial charge in [0.25, 0.3) is 0 Å². The summed E-state index contributed by atoms with van der Waals surface area (Å²) >= 11 is 0. The van der Waals surface area contributed by atoms with Crippen LogP contribution in [0.1, 0.15) is 27.2 Å². The van der Waals surface area contributed by atoms with Gasteiger partial charge in [-0.2, -0.15) is 5.10 Å². The zero-order chi connectivity index (χ0) is 14.3. The van der Waals surface area contributed by atoms with Gasteiger partial charge in [0.15, 0.2) is 11.9 Å². The molecule has 0 saturated heterocycles. The lowest BCUT2D eigenvalue weighted by molar-refractivity contribution is 0.111. The molecule has 0 aliphatic carbocycles. The van der Waals surface area contributed by atoms with Crippen molar-refractivity contribution in [3.8, 4) is 11.3 Å². The van der Waals surface area contributed by atoms with E-state index in [0.717, 1.165) is 17.5 Å². The molecule has 0 aliphatic rings. The molecule has 0 fully saturated rings. The molecule has 2 heterocycles. The predicted molar refractivity (Wildman–Crippen MR) is 78.0 cm³/mol. The van der Waals surface area contributed by atoms with Gasteiger partial charge in [-0.1, -0.05) is 12.1 Å². The number of hydrogen-bond donors (Lipinski definition) is 0. The number of rotatable bonds is 2. The van der Waals surface area contributed by atoms with Crippen LogP contribution in [0.25, 0.3) is 16.9 Å². The molecular weight excluding hydrogens is 250 g/mol. The minimum atomic E-state index is 0.461. The minimum absolute atomic E-state index is 0.461. The second-order valence-electron chi connectivity index (χ2n) is 4.97. The van der Waals surface area contributed by atoms with Crippen molar-refractivity contribution in [2.24, 2.45) is 0 Å². The number of carbonyl (C=O) groups excluding carboxylic acids is 1. The third kappa shape index (κ3) is 1.81. The number of nitrogens with zero attached hydrogens (tertiary/aromatic N) is 3. The molecule has 0 N–H and O–H groups in total. The number of aldehydes is 1. The summed E-state index contributed by atoms with van der Waals surface area (Å²) < 4.78 is 1.58. The summed E-state index contributed by atoms with van der Waals surface area (Å²) in [7, 11) is 0. The monoisotopic (exact) mass is 265 g/mol. The predicted octanol–water partition coefficient (Wildman–Crippen LogP) is 3.13. The highest BCUT2D eigenvalue weighted by Crippen LogP contribution is 2.26. The van der Waals surface area contributed by atoms with E-state index in [1.54, 1.807) is 4.52 Å². The van der Waals surface area contributed by atoms with Crippen LogP contribution in [-0.4, -0.2) is 20.9 Å². The van der Waals surface area contributed by atoms with Gasteiger partial charge in [0.05, 0.1) is 11.9 Å². The first-order chi connectivity index (χ1) is 9.61. The lowest BCUT2D eigenvalue weighted by Gasteiger charge is -2.11. The molecule has 3 aromatic rings. The summed E-state index contributed by atoms with van der Waals surface area (Å²) in [4.78, 5) is 15.1. The molecule has 0 saturated carbocycles. The maximum atomic E-state index is 11.0. The molecular formula is C16H15N3O. The lowest BCUT2D eigenvalue weighted by Crippen LogP contribution is -2.00. The van der Waals surface area contributed by atoms with Crippen molar-refractivity contribution in [1.29, 1.82) is 0 Å². The van der Waals surface area contributed by atoms with Crippen LogP contribution in [0, 0.1) is 20.8 Å². The van der Waals surface area contributed by atoms with Crippen LogP contribution in [0.4, 0.5) is 0 Å². The summed E-state index contributed by atoms with van der Waals surface area (Å²) in [5, 5.41) is 4.53. The Morgan fingerprint density at radius 1 is 1.05 bits per heavy atom. The molecule has 4 nitrogen and oxygen atoms in total. The largest absolute Gasteiger partial charge is 0.296 e. The molecule has 0 amide bonds. The van der Waals surface area contributed by atoms with E-state index < -0.39 is 0 Å². The topological polar surface area (TPSA) is 47.3 Å². The SMILES string of the molecule is Cc1ccc(-c2ccc3ncc(C=O)n3n2)c(C)c1C. The van der Waals surface area contributed by atoms with Crippen molar-refractivity contribution in [2.45, 2.75) is 20.8 Å². The van der Waals surface area contributed by atoms with E-state index in [-0.39, 0.29) is 0 Å². The van der Waals surface area contributed by atoms with E-state index >= 15 is 0 Å². The van der Waals surface area contributed by atoms with Gasteiger partial charge in [-0.05, 0) is 49.6 Å². The number of aromatic nitrogens is 3. The van der Waals surface area contributed by atoms with Crippen LogP contribution in [-0.2, 0) is 0 Å². The van der Waals surface area contributed by atoms with E-state index in [1.807, 2.05) is 12.1 Å². The first kappa shape index (κ1) is 12.5. The number of aryl methyl sites for hydroxylation is 1. The Kier molecular flexibility index (Phi) is 2.86. The van der Waals surface area contributed by atoms with Gasteiger partial charge < -0.3 is 0 Å². The second-order valence-corrected chi connectivity index (χ2v) is 4.97. The highest BCUT2D eigenvalue weighted by molar-refractivity contribution is 5.74. The molecule has 0 aliphatic heterocycles. The van der Waals surface area contributed by atoms with Gasteiger partial charge in [0, 0.05) is 5.56 Å². The summed E-state index contributed by atoms with van der Waals surface area (Å²) in [6, 6.07) is 7.99. The molecule has 0 radical (unpaired) electrons. The normalized spacial score (nSPS) is 10.9. The van der Waals surface area contributed by atoms with Crippen LogP contribution in [0.2, 0.25) is 0 Å². The van der Waals surface area contributed by atoms with Crippen molar-refractivity contribution in [3.63, 3.8) is 0 Å². The Morgan fingerprint density at radius 3 is 2.60 bits per heavy atom. The van der Waals surface area contributed by atoms with Gasteiger partial charge in [0.2, 0.25) is 0 Å². The third-order valence-electron chi connectivity index (χ3n) is 3.84. The van der Waals surface area contributed by atoms with Crippen LogP contribution in [0.15, 0.2) is 30.5 Å². The van der Waals surface area contributed by atoms with E-state index in [9.17, 15) is 4.79 Å². The Morgan fingerprint density at radius 2 is 1.85 bits per heavy atom. The molecule has 0 bridgehead atoms. The number of hydrogen-bond acceptors (Lipinski definition) is 3.